The Balaban J connectivity index is 1.66. The molecule has 2 aromatic carbocycles. The maximum Gasteiger partial charge on any atom is 0.251 e. The van der Waals surface area contributed by atoms with E-state index in [1.807, 2.05) is 36.4 Å². The van der Waals surface area contributed by atoms with Gasteiger partial charge in [-0.3, -0.25) is 14.6 Å². The Morgan fingerprint density at radius 1 is 1.19 bits per heavy atom. The molecular weight excluding hydrogens is 352 g/mol. The van der Waals surface area contributed by atoms with Gasteiger partial charge in [0.2, 0.25) is 5.91 Å². The highest BCUT2D eigenvalue weighted by molar-refractivity contribution is 7.71. The molecule has 132 valence electrons. The Hall–Kier alpha value is -3.26. The van der Waals surface area contributed by atoms with E-state index >= 15 is 0 Å². The third-order valence-electron chi connectivity index (χ3n) is 3.64. The molecule has 26 heavy (non-hydrogen) atoms. The molecule has 0 unspecified atom stereocenters. The topological polar surface area (TPSA) is 99.3 Å². The van der Waals surface area contributed by atoms with Gasteiger partial charge in [0, 0.05) is 11.8 Å². The summed E-state index contributed by atoms with van der Waals surface area (Å²) in [6.07, 6.45) is 1.53. The third-order valence-corrected chi connectivity index (χ3v) is 3.85. The molecule has 3 rings (SSSR count). The van der Waals surface area contributed by atoms with Crippen molar-refractivity contribution in [3.05, 3.63) is 68.8 Å². The largest absolute Gasteiger partial charge is 0.497 e. The fraction of sp³-hybridized carbons (Fsp3) is 0.111. The van der Waals surface area contributed by atoms with E-state index in [1.165, 1.54) is 6.07 Å². The zero-order valence-electron chi connectivity index (χ0n) is 13.9. The predicted molar refractivity (Wildman–Crippen MR) is 102 cm³/mol. The van der Waals surface area contributed by atoms with Crippen molar-refractivity contribution in [2.24, 2.45) is 5.10 Å². The lowest BCUT2D eigenvalue weighted by Crippen LogP contribution is -2.21. The van der Waals surface area contributed by atoms with Crippen molar-refractivity contribution in [3.8, 4) is 5.75 Å². The number of hydrogen-bond donors (Lipinski definition) is 3. The Morgan fingerprint density at radius 2 is 1.96 bits per heavy atom. The normalized spacial score (nSPS) is 11.0. The summed E-state index contributed by atoms with van der Waals surface area (Å²) in [4.78, 5) is 28.4. The summed E-state index contributed by atoms with van der Waals surface area (Å²) >= 11 is 4.87. The van der Waals surface area contributed by atoms with Gasteiger partial charge in [0.25, 0.3) is 5.56 Å². The predicted octanol–water partition coefficient (Wildman–Crippen LogP) is 2.29. The van der Waals surface area contributed by atoms with Crippen molar-refractivity contribution in [2.45, 2.75) is 6.42 Å². The summed E-state index contributed by atoms with van der Waals surface area (Å²) in [5.74, 6) is 0.438. The maximum absolute atomic E-state index is 11.9. The molecule has 3 N–H and O–H groups in total. The van der Waals surface area contributed by atoms with Crippen molar-refractivity contribution < 1.29 is 9.53 Å². The van der Waals surface area contributed by atoms with Gasteiger partial charge in [0.1, 0.15) is 5.75 Å². The molecule has 0 fully saturated rings. The van der Waals surface area contributed by atoms with E-state index < -0.39 is 0 Å². The molecule has 8 heteroatoms. The van der Waals surface area contributed by atoms with Gasteiger partial charge in [-0.1, -0.05) is 18.2 Å². The van der Waals surface area contributed by atoms with Gasteiger partial charge in [-0.15, -0.1) is 0 Å². The van der Waals surface area contributed by atoms with Crippen molar-refractivity contribution in [2.75, 3.05) is 7.11 Å². The number of rotatable bonds is 5. The molecule has 0 aliphatic heterocycles. The zero-order chi connectivity index (χ0) is 18.5. The second-order valence-corrected chi connectivity index (χ2v) is 5.96. The molecule has 1 heterocycles. The van der Waals surface area contributed by atoms with E-state index in [0.717, 1.165) is 22.1 Å². The van der Waals surface area contributed by atoms with Gasteiger partial charge in [0.15, 0.2) is 4.77 Å². The number of hydrazone groups is 1. The van der Waals surface area contributed by atoms with Crippen LogP contribution in [0.5, 0.6) is 5.75 Å². The number of fused-ring (bicyclic) bond motifs is 1. The molecule has 0 aliphatic rings. The monoisotopic (exact) mass is 368 g/mol. The number of H-pyrrole nitrogens is 2. The molecule has 1 amide bonds. The first kappa shape index (κ1) is 17.6. The number of hydrogen-bond acceptors (Lipinski definition) is 5. The average Bonchev–Trinajstić information content (AvgIpc) is 2.60. The Kier molecular flexibility index (Phi) is 5.23. The number of aromatic amines is 2. The third kappa shape index (κ3) is 4.42. The van der Waals surface area contributed by atoms with Crippen molar-refractivity contribution in [3.63, 3.8) is 0 Å². The number of nitrogens with one attached hydrogen (secondary N) is 3. The minimum Gasteiger partial charge on any atom is -0.497 e. The average molecular weight is 368 g/mol. The number of aromatic nitrogens is 2. The van der Waals surface area contributed by atoms with Crippen LogP contribution in [-0.2, 0) is 11.2 Å². The van der Waals surface area contributed by atoms with Gasteiger partial charge < -0.3 is 9.72 Å². The second kappa shape index (κ2) is 7.75. The van der Waals surface area contributed by atoms with Crippen LogP contribution in [0.2, 0.25) is 0 Å². The molecule has 0 aliphatic carbocycles. The highest BCUT2D eigenvalue weighted by Gasteiger charge is 2.03. The van der Waals surface area contributed by atoms with Crippen LogP contribution in [0.25, 0.3) is 10.8 Å². The summed E-state index contributed by atoms with van der Waals surface area (Å²) in [6, 6.07) is 12.9. The van der Waals surface area contributed by atoms with Gasteiger partial charge in [-0.25, -0.2) is 5.43 Å². The molecule has 7 nitrogen and oxygen atoms in total. The number of nitrogens with zero attached hydrogens (tertiary/aromatic N) is 1. The van der Waals surface area contributed by atoms with E-state index in [9.17, 15) is 9.59 Å². The molecule has 0 saturated carbocycles. The standard InChI is InChI=1S/C18H16N4O3S/c1-25-15-5-4-12-6-11(2-3-13(12)7-15)10-19-22-17(24)9-14-8-16(23)21-18(26)20-14/h2-8,10H,9H2,1H3,(H,22,24)(H2,20,21,23,26)/b19-10-. The van der Waals surface area contributed by atoms with Crippen LogP contribution in [-0.4, -0.2) is 29.2 Å². The molecular formula is C18H16N4O3S. The first-order chi connectivity index (χ1) is 12.5. The minimum atomic E-state index is -0.358. The van der Waals surface area contributed by atoms with E-state index in [2.05, 4.69) is 20.5 Å². The SMILES string of the molecule is COc1ccc2cc(/C=N\NC(=O)Cc3cc(=O)[nH]c(=S)[nH]3)ccc2c1. The van der Waals surface area contributed by atoms with E-state index in [0.29, 0.717) is 5.69 Å². The number of ether oxygens (including phenoxy) is 1. The van der Waals surface area contributed by atoms with Crippen molar-refractivity contribution in [1.82, 2.24) is 15.4 Å². The second-order valence-electron chi connectivity index (χ2n) is 5.56. The van der Waals surface area contributed by atoms with Gasteiger partial charge in [-0.2, -0.15) is 5.10 Å². The smallest absolute Gasteiger partial charge is 0.251 e. The van der Waals surface area contributed by atoms with Crippen LogP contribution in [0.15, 0.2) is 52.4 Å². The van der Waals surface area contributed by atoms with E-state index in [4.69, 9.17) is 17.0 Å². The first-order valence-corrected chi connectivity index (χ1v) is 8.16. The quantitative estimate of drug-likeness (QED) is 0.365. The van der Waals surface area contributed by atoms with Crippen molar-refractivity contribution in [1.29, 1.82) is 0 Å². The summed E-state index contributed by atoms with van der Waals surface area (Å²) in [5.41, 5.74) is 3.34. The first-order valence-electron chi connectivity index (χ1n) is 7.76. The van der Waals surface area contributed by atoms with Crippen LogP contribution in [0.3, 0.4) is 0 Å². The Labute approximate surface area is 153 Å². The molecule has 1 aromatic heterocycles. The highest BCUT2D eigenvalue weighted by atomic mass is 32.1. The van der Waals surface area contributed by atoms with Crippen LogP contribution in [0, 0.1) is 4.77 Å². The number of amides is 1. The number of methoxy groups -OCH3 is 1. The van der Waals surface area contributed by atoms with Gasteiger partial charge in [-0.05, 0) is 46.8 Å². The molecule has 3 aromatic rings. The fourth-order valence-electron chi connectivity index (χ4n) is 2.46. The molecule has 0 bridgehead atoms. The minimum absolute atomic E-state index is 0.0254. The Morgan fingerprint density at radius 3 is 2.73 bits per heavy atom. The molecule has 0 saturated heterocycles. The zero-order valence-corrected chi connectivity index (χ0v) is 14.7. The maximum atomic E-state index is 11.9. The number of carbonyl (C=O) groups excluding carboxylic acids is 1. The lowest BCUT2D eigenvalue weighted by molar-refractivity contribution is -0.120. The van der Waals surface area contributed by atoms with E-state index in [-0.39, 0.29) is 22.7 Å². The van der Waals surface area contributed by atoms with Crippen LogP contribution in [0.4, 0.5) is 0 Å². The van der Waals surface area contributed by atoms with Gasteiger partial charge in [0.05, 0.1) is 19.7 Å². The van der Waals surface area contributed by atoms with Crippen LogP contribution >= 0.6 is 12.2 Å². The molecule has 0 spiro atoms. The van der Waals surface area contributed by atoms with E-state index in [1.54, 1.807) is 13.3 Å². The molecule has 0 radical (unpaired) electrons. The fourth-order valence-corrected chi connectivity index (χ4v) is 2.69. The summed E-state index contributed by atoms with van der Waals surface area (Å²) in [6.45, 7) is 0. The lowest BCUT2D eigenvalue weighted by Gasteiger charge is -2.03. The summed E-state index contributed by atoms with van der Waals surface area (Å²) in [5, 5.41) is 6.04. The van der Waals surface area contributed by atoms with Gasteiger partial charge >= 0.3 is 0 Å². The molecule has 0 atom stereocenters. The number of benzene rings is 2. The lowest BCUT2D eigenvalue weighted by atomic mass is 10.1. The Bertz CT molecular complexity index is 1070. The van der Waals surface area contributed by atoms with Crippen LogP contribution < -0.4 is 15.7 Å². The van der Waals surface area contributed by atoms with Crippen LogP contribution in [0.1, 0.15) is 11.3 Å². The highest BCUT2D eigenvalue weighted by Crippen LogP contribution is 2.21. The summed E-state index contributed by atoms with van der Waals surface area (Å²) in [7, 11) is 1.63. The van der Waals surface area contributed by atoms with Crippen molar-refractivity contribution >= 4 is 35.1 Å². The summed E-state index contributed by atoms with van der Waals surface area (Å²) < 4.78 is 5.38. The number of carbonyl (C=O) groups is 1.